The van der Waals surface area contributed by atoms with Gasteiger partial charge in [0, 0.05) is 45.0 Å². The molecule has 28 heavy (non-hydrogen) atoms. The van der Waals surface area contributed by atoms with Crippen molar-refractivity contribution in [1.29, 1.82) is 0 Å². The molecule has 0 spiro atoms. The van der Waals surface area contributed by atoms with E-state index in [1.54, 1.807) is 0 Å². The molecule has 8 nitrogen and oxygen atoms in total. The second kappa shape index (κ2) is 10.2. The summed E-state index contributed by atoms with van der Waals surface area (Å²) in [6.07, 6.45) is 0.535. The summed E-state index contributed by atoms with van der Waals surface area (Å²) in [7, 11) is 0. The van der Waals surface area contributed by atoms with E-state index in [1.165, 1.54) is 5.69 Å². The lowest BCUT2D eigenvalue weighted by Gasteiger charge is -2.37. The third kappa shape index (κ3) is 5.76. The molecule has 2 heterocycles. The van der Waals surface area contributed by atoms with Gasteiger partial charge in [0.15, 0.2) is 6.10 Å². The van der Waals surface area contributed by atoms with Crippen molar-refractivity contribution in [1.82, 2.24) is 15.5 Å². The lowest BCUT2D eigenvalue weighted by atomic mass is 10.1. The van der Waals surface area contributed by atoms with E-state index in [1.807, 2.05) is 6.07 Å². The number of hydrogen-bond donors (Lipinski definition) is 2. The number of rotatable bonds is 8. The molecule has 154 valence electrons. The summed E-state index contributed by atoms with van der Waals surface area (Å²) >= 11 is 0. The minimum Gasteiger partial charge on any atom is -0.446 e. The smallest absolute Gasteiger partial charge is 0.408 e. The van der Waals surface area contributed by atoms with E-state index in [2.05, 4.69) is 51.6 Å². The van der Waals surface area contributed by atoms with Crippen molar-refractivity contribution >= 4 is 17.9 Å². The van der Waals surface area contributed by atoms with Crippen LogP contribution >= 0.6 is 0 Å². The van der Waals surface area contributed by atoms with Crippen molar-refractivity contribution in [2.24, 2.45) is 0 Å². The summed E-state index contributed by atoms with van der Waals surface area (Å²) in [5.41, 5.74) is 1.24. The predicted molar refractivity (Wildman–Crippen MR) is 107 cm³/mol. The number of carbonyl (C=O) groups excluding carboxylic acids is 2. The van der Waals surface area contributed by atoms with E-state index in [4.69, 9.17) is 9.47 Å². The fraction of sp³-hybridized carbons (Fsp3) is 0.600. The lowest BCUT2D eigenvalue weighted by molar-refractivity contribution is 0.0567. The van der Waals surface area contributed by atoms with E-state index >= 15 is 0 Å². The van der Waals surface area contributed by atoms with Crippen LogP contribution in [0.1, 0.15) is 19.8 Å². The molecule has 2 atom stereocenters. The van der Waals surface area contributed by atoms with Gasteiger partial charge in [-0.2, -0.15) is 0 Å². The monoisotopic (exact) mass is 390 g/mol. The van der Waals surface area contributed by atoms with Crippen LogP contribution in [0.2, 0.25) is 0 Å². The molecule has 2 amide bonds. The number of piperazine rings is 1. The normalized spacial score (nSPS) is 22.5. The van der Waals surface area contributed by atoms with Crippen LogP contribution in [0, 0.1) is 0 Å². The Kier molecular flexibility index (Phi) is 7.36. The highest BCUT2D eigenvalue weighted by Crippen LogP contribution is 2.17. The molecule has 0 aliphatic carbocycles. The van der Waals surface area contributed by atoms with E-state index in [9.17, 15) is 9.59 Å². The Morgan fingerprint density at radius 1 is 1.25 bits per heavy atom. The highest BCUT2D eigenvalue weighted by molar-refractivity contribution is 5.70. The van der Waals surface area contributed by atoms with Crippen LogP contribution in [-0.4, -0.2) is 75.1 Å². The van der Waals surface area contributed by atoms with Crippen LogP contribution in [-0.2, 0) is 9.47 Å². The van der Waals surface area contributed by atoms with E-state index in [0.717, 1.165) is 39.0 Å². The molecule has 2 aliphatic heterocycles. The Hall–Kier alpha value is -2.48. The molecular formula is C20H30N4O4. The summed E-state index contributed by atoms with van der Waals surface area (Å²) in [6, 6.07) is 10.2. The number of unbranched alkanes of at least 4 members (excludes halogenated alkanes) is 1. The van der Waals surface area contributed by atoms with E-state index in [-0.39, 0.29) is 12.6 Å². The van der Waals surface area contributed by atoms with Crippen molar-refractivity contribution in [3.8, 4) is 0 Å². The number of nitrogens with one attached hydrogen (secondary N) is 2. The van der Waals surface area contributed by atoms with Crippen LogP contribution < -0.4 is 15.5 Å². The maximum Gasteiger partial charge on any atom is 0.408 e. The molecular weight excluding hydrogens is 360 g/mol. The van der Waals surface area contributed by atoms with Crippen molar-refractivity contribution < 1.29 is 19.1 Å². The topological polar surface area (TPSA) is 83.1 Å². The molecule has 2 fully saturated rings. The largest absolute Gasteiger partial charge is 0.446 e. The summed E-state index contributed by atoms with van der Waals surface area (Å²) in [5, 5.41) is 5.54. The SMILES string of the molecule is CCCCNC(=O)OC[C@H]1OC(=O)N[C@@H]1CN1CCN(c2ccccc2)CC1. The highest BCUT2D eigenvalue weighted by atomic mass is 16.6. The van der Waals surface area contributed by atoms with Crippen LogP contribution in [0.25, 0.3) is 0 Å². The quantitative estimate of drug-likeness (QED) is 0.659. The molecule has 0 saturated carbocycles. The molecule has 1 aromatic carbocycles. The third-order valence-electron chi connectivity index (χ3n) is 5.14. The number of benzene rings is 1. The average Bonchev–Trinajstić information content (AvgIpc) is 3.07. The number of cyclic esters (lactones) is 1. The Labute approximate surface area is 166 Å². The van der Waals surface area contributed by atoms with Gasteiger partial charge in [-0.3, -0.25) is 4.90 Å². The first-order valence-corrected chi connectivity index (χ1v) is 10.1. The molecule has 3 rings (SSSR count). The summed E-state index contributed by atoms with van der Waals surface area (Å²) in [6.45, 7) is 7.08. The molecule has 0 radical (unpaired) electrons. The van der Waals surface area contributed by atoms with Gasteiger partial charge in [0.05, 0.1) is 6.04 Å². The van der Waals surface area contributed by atoms with E-state index < -0.39 is 18.3 Å². The maximum atomic E-state index is 11.7. The Morgan fingerprint density at radius 3 is 2.71 bits per heavy atom. The zero-order valence-electron chi connectivity index (χ0n) is 16.4. The van der Waals surface area contributed by atoms with Gasteiger partial charge in [0.25, 0.3) is 0 Å². The molecule has 0 unspecified atom stereocenters. The summed E-state index contributed by atoms with van der Waals surface area (Å²) in [4.78, 5) is 28.1. The molecule has 1 aromatic rings. The lowest BCUT2D eigenvalue weighted by Crippen LogP contribution is -2.52. The van der Waals surface area contributed by atoms with Gasteiger partial charge >= 0.3 is 12.2 Å². The van der Waals surface area contributed by atoms with Crippen molar-refractivity contribution in [2.75, 3.05) is 50.8 Å². The minimum atomic E-state index is -0.466. The number of nitrogens with zero attached hydrogens (tertiary/aromatic N) is 2. The fourth-order valence-electron chi connectivity index (χ4n) is 3.49. The third-order valence-corrected chi connectivity index (χ3v) is 5.14. The maximum absolute atomic E-state index is 11.7. The van der Waals surface area contributed by atoms with Crippen molar-refractivity contribution in [3.05, 3.63) is 30.3 Å². The van der Waals surface area contributed by atoms with Gasteiger partial charge in [-0.25, -0.2) is 9.59 Å². The first-order chi connectivity index (χ1) is 13.7. The van der Waals surface area contributed by atoms with E-state index in [0.29, 0.717) is 13.1 Å². The number of carbonyl (C=O) groups is 2. The van der Waals surface area contributed by atoms with Gasteiger partial charge < -0.3 is 25.0 Å². The molecule has 2 N–H and O–H groups in total. The molecule has 8 heteroatoms. The zero-order valence-corrected chi connectivity index (χ0v) is 16.4. The Bertz CT molecular complexity index is 634. The standard InChI is InChI=1S/C20H30N4O4/c1-2-3-9-21-19(25)27-15-18-17(22-20(26)28-18)14-23-10-12-24(13-11-23)16-7-5-4-6-8-16/h4-8,17-18H,2-3,9-15H2,1H3,(H,21,25)(H,22,26)/t17-,18-/m1/s1. The number of anilines is 1. The Morgan fingerprint density at radius 2 is 2.00 bits per heavy atom. The first-order valence-electron chi connectivity index (χ1n) is 10.1. The van der Waals surface area contributed by atoms with Gasteiger partial charge in [-0.05, 0) is 18.6 Å². The summed E-state index contributed by atoms with van der Waals surface area (Å²) < 4.78 is 10.5. The number of ether oxygens (including phenoxy) is 2. The number of para-hydroxylation sites is 1. The second-order valence-electron chi connectivity index (χ2n) is 7.20. The van der Waals surface area contributed by atoms with Gasteiger partial charge in [0.1, 0.15) is 6.61 Å². The number of alkyl carbamates (subject to hydrolysis) is 2. The van der Waals surface area contributed by atoms with Crippen molar-refractivity contribution in [2.45, 2.75) is 31.9 Å². The minimum absolute atomic E-state index is 0.0609. The number of amides is 2. The molecule has 0 aromatic heterocycles. The first kappa shape index (κ1) is 20.3. The molecule has 0 bridgehead atoms. The van der Waals surface area contributed by atoms with Crippen LogP contribution in [0.5, 0.6) is 0 Å². The number of hydrogen-bond acceptors (Lipinski definition) is 6. The van der Waals surface area contributed by atoms with Crippen LogP contribution in [0.4, 0.5) is 15.3 Å². The van der Waals surface area contributed by atoms with Gasteiger partial charge in [-0.1, -0.05) is 31.5 Å². The molecule has 2 saturated heterocycles. The van der Waals surface area contributed by atoms with Gasteiger partial charge in [0.2, 0.25) is 0 Å². The Balaban J connectivity index is 1.42. The fourth-order valence-corrected chi connectivity index (χ4v) is 3.49. The highest BCUT2D eigenvalue weighted by Gasteiger charge is 2.36. The predicted octanol–water partition coefficient (Wildman–Crippen LogP) is 1.81. The van der Waals surface area contributed by atoms with Crippen LogP contribution in [0.15, 0.2) is 30.3 Å². The average molecular weight is 390 g/mol. The van der Waals surface area contributed by atoms with Crippen molar-refractivity contribution in [3.63, 3.8) is 0 Å². The summed E-state index contributed by atoms with van der Waals surface area (Å²) in [5.74, 6) is 0. The molecule has 2 aliphatic rings. The zero-order chi connectivity index (χ0) is 19.8. The second-order valence-corrected chi connectivity index (χ2v) is 7.20. The van der Waals surface area contributed by atoms with Crippen LogP contribution in [0.3, 0.4) is 0 Å². The van der Waals surface area contributed by atoms with Gasteiger partial charge in [-0.15, -0.1) is 0 Å².